The Bertz CT molecular complexity index is 779. The second kappa shape index (κ2) is 6.56. The minimum absolute atomic E-state index is 0.0266. The van der Waals surface area contributed by atoms with E-state index in [0.29, 0.717) is 45.4 Å². The molecule has 4 rings (SSSR count). The van der Waals surface area contributed by atoms with Gasteiger partial charge in [0, 0.05) is 52.5 Å². The first-order valence-electron chi connectivity index (χ1n) is 9.28. The lowest BCUT2D eigenvalue weighted by molar-refractivity contribution is -0.143. The Labute approximate surface area is 159 Å². The van der Waals surface area contributed by atoms with Crippen molar-refractivity contribution in [2.24, 2.45) is 7.05 Å². The van der Waals surface area contributed by atoms with Gasteiger partial charge in [-0.2, -0.15) is 18.3 Å². The molecule has 1 aromatic heterocycles. The Kier molecular flexibility index (Phi) is 4.42. The summed E-state index contributed by atoms with van der Waals surface area (Å²) in [5.74, 6) is -0.250. The number of nitrogens with zero attached hydrogens (tertiary/aromatic N) is 4. The molecule has 0 atom stereocenters. The van der Waals surface area contributed by atoms with Gasteiger partial charge < -0.3 is 19.9 Å². The molecule has 3 amide bonds. The van der Waals surface area contributed by atoms with Gasteiger partial charge >= 0.3 is 12.2 Å². The van der Waals surface area contributed by atoms with Crippen LogP contribution < -0.4 is 10.1 Å². The molecule has 8 nitrogen and oxygen atoms in total. The summed E-state index contributed by atoms with van der Waals surface area (Å²) in [6, 6.07) is -0.0948. The van der Waals surface area contributed by atoms with Gasteiger partial charge in [-0.15, -0.1) is 0 Å². The van der Waals surface area contributed by atoms with Gasteiger partial charge in [0.1, 0.15) is 6.10 Å². The quantitative estimate of drug-likeness (QED) is 0.812. The van der Waals surface area contributed by atoms with E-state index in [1.165, 1.54) is 13.2 Å². The highest BCUT2D eigenvalue weighted by Crippen LogP contribution is 2.36. The predicted octanol–water partition coefficient (Wildman–Crippen LogP) is 1.37. The molecule has 0 bridgehead atoms. The van der Waals surface area contributed by atoms with E-state index in [4.69, 9.17) is 4.74 Å². The molecule has 1 spiro atoms. The topological polar surface area (TPSA) is 79.7 Å². The molecule has 3 fully saturated rings. The van der Waals surface area contributed by atoms with Gasteiger partial charge in [0.25, 0.3) is 0 Å². The maximum absolute atomic E-state index is 13.0. The van der Waals surface area contributed by atoms with Crippen molar-refractivity contribution in [1.29, 1.82) is 0 Å². The summed E-state index contributed by atoms with van der Waals surface area (Å²) in [6.07, 6.45) is -1.60. The van der Waals surface area contributed by atoms with Crippen LogP contribution in [0.1, 0.15) is 31.4 Å². The van der Waals surface area contributed by atoms with E-state index in [1.807, 2.05) is 0 Å². The SMILES string of the molecule is Cn1cc(OC2CCN(C(=O)N3CC4(CCC(=O)N4)C3)CC2)c(C(F)(F)F)n1. The minimum Gasteiger partial charge on any atom is -0.486 e. The van der Waals surface area contributed by atoms with Crippen LogP contribution >= 0.6 is 0 Å². The number of carbonyl (C=O) groups is 2. The third-order valence-corrected chi connectivity index (χ3v) is 5.56. The van der Waals surface area contributed by atoms with E-state index in [-0.39, 0.29) is 23.2 Å². The minimum atomic E-state index is -4.57. The molecule has 11 heteroatoms. The largest absolute Gasteiger partial charge is 0.486 e. The van der Waals surface area contributed by atoms with Gasteiger partial charge in [0.05, 0.1) is 11.7 Å². The molecule has 0 aromatic carbocycles. The third kappa shape index (κ3) is 3.49. The van der Waals surface area contributed by atoms with Crippen LogP contribution in [0.15, 0.2) is 6.20 Å². The first-order chi connectivity index (χ1) is 13.2. The molecule has 0 unspecified atom stereocenters. The fourth-order valence-electron chi connectivity index (χ4n) is 4.12. The van der Waals surface area contributed by atoms with Crippen molar-refractivity contribution in [2.45, 2.75) is 43.5 Å². The number of rotatable bonds is 2. The van der Waals surface area contributed by atoms with Gasteiger partial charge in [0.15, 0.2) is 5.75 Å². The first kappa shape index (κ1) is 18.9. The van der Waals surface area contributed by atoms with E-state index >= 15 is 0 Å². The zero-order valence-electron chi connectivity index (χ0n) is 15.5. The van der Waals surface area contributed by atoms with Crippen LogP contribution in [0.2, 0.25) is 0 Å². The summed E-state index contributed by atoms with van der Waals surface area (Å²) < 4.78 is 45.7. The molecule has 154 valence electrons. The van der Waals surface area contributed by atoms with Crippen molar-refractivity contribution in [2.75, 3.05) is 26.2 Å². The van der Waals surface area contributed by atoms with Crippen molar-refractivity contribution in [3.05, 3.63) is 11.9 Å². The van der Waals surface area contributed by atoms with Crippen LogP contribution in [0.3, 0.4) is 0 Å². The van der Waals surface area contributed by atoms with Gasteiger partial charge in [-0.1, -0.05) is 0 Å². The Morgan fingerprint density at radius 3 is 2.54 bits per heavy atom. The fourth-order valence-corrected chi connectivity index (χ4v) is 4.12. The Hall–Kier alpha value is -2.46. The lowest BCUT2D eigenvalue weighted by Crippen LogP contribution is -2.70. The molecule has 4 heterocycles. The summed E-state index contributed by atoms with van der Waals surface area (Å²) >= 11 is 0. The average molecular weight is 401 g/mol. The van der Waals surface area contributed by atoms with Crippen LogP contribution in [0, 0.1) is 0 Å². The van der Waals surface area contributed by atoms with E-state index < -0.39 is 18.0 Å². The number of aryl methyl sites for hydroxylation is 1. The molecule has 1 aromatic rings. The monoisotopic (exact) mass is 401 g/mol. The average Bonchev–Trinajstić information content (AvgIpc) is 3.16. The van der Waals surface area contributed by atoms with E-state index in [9.17, 15) is 22.8 Å². The summed E-state index contributed by atoms with van der Waals surface area (Å²) in [6.45, 7) is 1.86. The molecule has 0 aliphatic carbocycles. The Morgan fingerprint density at radius 2 is 1.96 bits per heavy atom. The van der Waals surface area contributed by atoms with Crippen LogP contribution in [-0.2, 0) is 18.0 Å². The highest BCUT2D eigenvalue weighted by atomic mass is 19.4. The van der Waals surface area contributed by atoms with Crippen LogP contribution in [0.5, 0.6) is 5.75 Å². The fraction of sp³-hybridized carbons (Fsp3) is 0.706. The number of likely N-dealkylation sites (tertiary alicyclic amines) is 2. The molecular weight excluding hydrogens is 379 g/mol. The van der Waals surface area contributed by atoms with E-state index in [0.717, 1.165) is 11.1 Å². The van der Waals surface area contributed by atoms with Crippen molar-refractivity contribution in [3.8, 4) is 5.75 Å². The van der Waals surface area contributed by atoms with Crippen molar-refractivity contribution in [1.82, 2.24) is 24.9 Å². The standard InChI is InChI=1S/C17H22F3N5O3/c1-23-8-12(14(22-23)17(18,19)20)28-11-3-6-24(7-4-11)15(27)25-9-16(10-25)5-2-13(26)21-16/h8,11H,2-7,9-10H2,1H3,(H,21,26). The van der Waals surface area contributed by atoms with E-state index in [2.05, 4.69) is 10.4 Å². The number of hydrogen-bond acceptors (Lipinski definition) is 4. The van der Waals surface area contributed by atoms with Crippen LogP contribution in [-0.4, -0.2) is 69.3 Å². The second-order valence-corrected chi connectivity index (χ2v) is 7.78. The molecule has 28 heavy (non-hydrogen) atoms. The lowest BCUT2D eigenvalue weighted by Gasteiger charge is -2.49. The molecule has 0 saturated carbocycles. The van der Waals surface area contributed by atoms with Crippen LogP contribution in [0.25, 0.3) is 0 Å². The molecule has 0 radical (unpaired) electrons. The number of hydrogen-bond donors (Lipinski definition) is 1. The number of nitrogens with one attached hydrogen (secondary N) is 1. The molecule has 3 saturated heterocycles. The molecule has 1 N–H and O–H groups in total. The van der Waals surface area contributed by atoms with Gasteiger partial charge in [-0.3, -0.25) is 9.48 Å². The number of aromatic nitrogens is 2. The number of alkyl halides is 3. The number of amides is 3. The van der Waals surface area contributed by atoms with Gasteiger partial charge in [-0.05, 0) is 6.42 Å². The highest BCUT2D eigenvalue weighted by Gasteiger charge is 2.50. The summed E-state index contributed by atoms with van der Waals surface area (Å²) in [4.78, 5) is 27.4. The smallest absolute Gasteiger partial charge is 0.438 e. The number of halogens is 3. The summed E-state index contributed by atoms with van der Waals surface area (Å²) in [5, 5.41) is 6.38. The maximum Gasteiger partial charge on any atom is 0.438 e. The van der Waals surface area contributed by atoms with Crippen molar-refractivity contribution < 1.29 is 27.5 Å². The normalized spacial score (nSPS) is 22.4. The molecule has 3 aliphatic heterocycles. The Balaban J connectivity index is 1.29. The number of urea groups is 1. The van der Waals surface area contributed by atoms with Crippen molar-refractivity contribution in [3.63, 3.8) is 0 Å². The Morgan fingerprint density at radius 1 is 1.29 bits per heavy atom. The molecular formula is C17H22F3N5O3. The highest BCUT2D eigenvalue weighted by molar-refractivity contribution is 5.82. The number of piperidine rings is 1. The van der Waals surface area contributed by atoms with Gasteiger partial charge in [-0.25, -0.2) is 4.79 Å². The third-order valence-electron chi connectivity index (χ3n) is 5.56. The second-order valence-electron chi connectivity index (χ2n) is 7.78. The van der Waals surface area contributed by atoms with Crippen molar-refractivity contribution >= 4 is 11.9 Å². The summed E-state index contributed by atoms with van der Waals surface area (Å²) in [5.41, 5.74) is -1.29. The predicted molar refractivity (Wildman–Crippen MR) is 90.5 cm³/mol. The summed E-state index contributed by atoms with van der Waals surface area (Å²) in [7, 11) is 1.41. The molecule has 3 aliphatic rings. The number of carbonyl (C=O) groups excluding carboxylic acids is 2. The van der Waals surface area contributed by atoms with E-state index in [1.54, 1.807) is 9.80 Å². The van der Waals surface area contributed by atoms with Gasteiger partial charge in [0.2, 0.25) is 11.6 Å². The zero-order valence-corrected chi connectivity index (χ0v) is 15.5. The number of ether oxygens (including phenoxy) is 1. The lowest BCUT2D eigenvalue weighted by atomic mass is 9.88. The first-order valence-corrected chi connectivity index (χ1v) is 9.28. The zero-order chi connectivity index (χ0) is 20.1. The maximum atomic E-state index is 13.0. The van der Waals surface area contributed by atoms with Crippen LogP contribution in [0.4, 0.5) is 18.0 Å².